The molecule has 0 aromatic heterocycles. The van der Waals surface area contributed by atoms with Gasteiger partial charge >= 0.3 is 0 Å². The summed E-state index contributed by atoms with van der Waals surface area (Å²) in [5.74, 6) is -0.429. The summed E-state index contributed by atoms with van der Waals surface area (Å²) < 4.78 is 12.8. The predicted molar refractivity (Wildman–Crippen MR) is 40.6 cm³/mol. The molecular weight excluding hydrogens is 153 g/mol. The summed E-state index contributed by atoms with van der Waals surface area (Å²) in [6, 6.07) is 3.18. The average molecular weight is 160 g/mol. The molecule has 0 aliphatic carbocycles. The van der Waals surface area contributed by atoms with Crippen LogP contribution < -0.4 is 5.73 Å². The van der Waals surface area contributed by atoms with Crippen LogP contribution in [-0.4, -0.2) is 0 Å². The molecule has 0 fully saturated rings. The highest BCUT2D eigenvalue weighted by Gasteiger charge is 2.04. The maximum Gasteiger partial charge on any atom is 0.146 e. The normalized spacial score (nSPS) is 9.90. The van der Waals surface area contributed by atoms with Crippen LogP contribution in [0.2, 0.25) is 5.02 Å². The Bertz CT molecular complexity index is 233. The average Bonchev–Trinajstić information content (AvgIpc) is 1.93. The van der Waals surface area contributed by atoms with Crippen LogP contribution >= 0.6 is 11.6 Å². The molecule has 0 saturated carbocycles. The number of rotatable bonds is 0. The fraction of sp³-hybridized carbons (Fsp3) is 0.143. The van der Waals surface area contributed by atoms with Gasteiger partial charge in [-0.2, -0.15) is 0 Å². The third-order valence-electron chi connectivity index (χ3n) is 1.31. The van der Waals surface area contributed by atoms with Crippen molar-refractivity contribution in [1.29, 1.82) is 0 Å². The second-order valence-electron chi connectivity index (χ2n) is 2.10. The van der Waals surface area contributed by atoms with Crippen molar-refractivity contribution >= 4 is 17.3 Å². The van der Waals surface area contributed by atoms with Gasteiger partial charge in [-0.3, -0.25) is 0 Å². The minimum absolute atomic E-state index is 0.0139. The van der Waals surface area contributed by atoms with Crippen LogP contribution in [0.4, 0.5) is 10.1 Å². The Hall–Kier alpha value is -0.760. The number of nitrogen functional groups attached to an aromatic ring is 1. The first-order valence-corrected chi connectivity index (χ1v) is 3.21. The molecule has 1 aromatic rings. The van der Waals surface area contributed by atoms with E-state index in [9.17, 15) is 4.39 Å². The lowest BCUT2D eigenvalue weighted by Gasteiger charge is -2.00. The number of nitrogens with two attached hydrogens (primary N) is 1. The molecule has 0 bridgehead atoms. The molecule has 0 radical (unpaired) electrons. The summed E-state index contributed by atoms with van der Waals surface area (Å²) in [4.78, 5) is 0. The Morgan fingerprint density at radius 1 is 1.50 bits per heavy atom. The molecule has 10 heavy (non-hydrogen) atoms. The van der Waals surface area contributed by atoms with Gasteiger partial charge in [0.05, 0.1) is 10.7 Å². The van der Waals surface area contributed by atoms with E-state index in [0.717, 1.165) is 0 Å². The van der Waals surface area contributed by atoms with Gasteiger partial charge in [-0.05, 0) is 18.6 Å². The molecule has 0 spiro atoms. The maximum absolute atomic E-state index is 12.8. The number of hydrogen-bond donors (Lipinski definition) is 1. The zero-order valence-electron chi connectivity index (χ0n) is 5.49. The van der Waals surface area contributed by atoms with Crippen molar-refractivity contribution in [2.45, 2.75) is 6.92 Å². The van der Waals surface area contributed by atoms with E-state index in [2.05, 4.69) is 0 Å². The third kappa shape index (κ3) is 1.07. The lowest BCUT2D eigenvalue weighted by molar-refractivity contribution is 0.619. The molecule has 2 N–H and O–H groups in total. The number of anilines is 1. The van der Waals surface area contributed by atoms with Crippen LogP contribution in [0, 0.1) is 12.7 Å². The SMILES string of the molecule is Cc1ccc(N)c(Cl)c1F. The quantitative estimate of drug-likeness (QED) is 0.578. The van der Waals surface area contributed by atoms with Crippen LogP contribution in [0.3, 0.4) is 0 Å². The van der Waals surface area contributed by atoms with Crippen molar-refractivity contribution in [2.24, 2.45) is 0 Å². The molecule has 54 valence electrons. The zero-order valence-corrected chi connectivity index (χ0v) is 6.24. The van der Waals surface area contributed by atoms with Gasteiger partial charge < -0.3 is 5.73 Å². The summed E-state index contributed by atoms with van der Waals surface area (Å²) >= 11 is 5.48. The molecule has 0 heterocycles. The molecule has 0 aliphatic heterocycles. The Kier molecular flexibility index (Phi) is 1.81. The largest absolute Gasteiger partial charge is 0.397 e. The van der Waals surface area contributed by atoms with Gasteiger partial charge in [0, 0.05) is 0 Å². The smallest absolute Gasteiger partial charge is 0.146 e. The van der Waals surface area contributed by atoms with Crippen LogP contribution in [0.1, 0.15) is 5.56 Å². The van der Waals surface area contributed by atoms with E-state index >= 15 is 0 Å². The highest BCUT2D eigenvalue weighted by atomic mass is 35.5. The first kappa shape index (κ1) is 7.35. The van der Waals surface area contributed by atoms with Crippen molar-refractivity contribution in [2.75, 3.05) is 5.73 Å². The summed E-state index contributed by atoms with van der Waals surface area (Å²) in [6.07, 6.45) is 0. The lowest BCUT2D eigenvalue weighted by Crippen LogP contribution is -1.90. The summed E-state index contributed by atoms with van der Waals surface area (Å²) in [5.41, 5.74) is 6.11. The van der Waals surface area contributed by atoms with E-state index in [1.165, 1.54) is 0 Å². The molecular formula is C7H7ClFN. The zero-order chi connectivity index (χ0) is 7.72. The topological polar surface area (TPSA) is 26.0 Å². The van der Waals surface area contributed by atoms with E-state index in [1.54, 1.807) is 19.1 Å². The fourth-order valence-electron chi connectivity index (χ4n) is 0.661. The van der Waals surface area contributed by atoms with Gasteiger partial charge in [-0.25, -0.2) is 4.39 Å². The van der Waals surface area contributed by atoms with Crippen LogP contribution in [0.25, 0.3) is 0 Å². The van der Waals surface area contributed by atoms with Crippen LogP contribution in [-0.2, 0) is 0 Å². The van der Waals surface area contributed by atoms with Gasteiger partial charge in [-0.15, -0.1) is 0 Å². The molecule has 0 unspecified atom stereocenters. The second kappa shape index (κ2) is 2.46. The molecule has 0 amide bonds. The van der Waals surface area contributed by atoms with Crippen molar-refractivity contribution in [3.8, 4) is 0 Å². The Balaban J connectivity index is 3.34. The summed E-state index contributed by atoms with van der Waals surface area (Å²) in [6.45, 7) is 1.64. The lowest BCUT2D eigenvalue weighted by atomic mass is 10.2. The van der Waals surface area contributed by atoms with Gasteiger partial charge in [0.15, 0.2) is 0 Å². The van der Waals surface area contributed by atoms with E-state index in [1.807, 2.05) is 0 Å². The second-order valence-corrected chi connectivity index (χ2v) is 2.48. The summed E-state index contributed by atoms with van der Waals surface area (Å²) in [5, 5.41) is 0.0139. The fourth-order valence-corrected chi connectivity index (χ4v) is 0.873. The Labute approximate surface area is 63.6 Å². The van der Waals surface area contributed by atoms with E-state index in [-0.39, 0.29) is 10.7 Å². The van der Waals surface area contributed by atoms with Crippen molar-refractivity contribution in [3.63, 3.8) is 0 Å². The first-order valence-electron chi connectivity index (χ1n) is 2.83. The van der Waals surface area contributed by atoms with E-state index < -0.39 is 5.82 Å². The Morgan fingerprint density at radius 2 is 2.10 bits per heavy atom. The Morgan fingerprint density at radius 3 is 2.60 bits per heavy atom. The van der Waals surface area contributed by atoms with Crippen LogP contribution in [0.15, 0.2) is 12.1 Å². The van der Waals surface area contributed by atoms with Gasteiger partial charge in [0.1, 0.15) is 5.82 Å². The molecule has 1 rings (SSSR count). The van der Waals surface area contributed by atoms with Gasteiger partial charge in [0.25, 0.3) is 0 Å². The van der Waals surface area contributed by atoms with Crippen molar-refractivity contribution < 1.29 is 4.39 Å². The predicted octanol–water partition coefficient (Wildman–Crippen LogP) is 2.37. The monoisotopic (exact) mass is 159 g/mol. The maximum atomic E-state index is 12.8. The van der Waals surface area contributed by atoms with Crippen LogP contribution in [0.5, 0.6) is 0 Å². The van der Waals surface area contributed by atoms with Gasteiger partial charge in [0.2, 0.25) is 0 Å². The molecule has 0 atom stereocenters. The number of halogens is 2. The van der Waals surface area contributed by atoms with Crippen molar-refractivity contribution in [1.82, 2.24) is 0 Å². The first-order chi connectivity index (χ1) is 4.63. The minimum atomic E-state index is -0.429. The van der Waals surface area contributed by atoms with Gasteiger partial charge in [-0.1, -0.05) is 17.7 Å². The molecule has 3 heteroatoms. The molecule has 0 saturated heterocycles. The molecule has 1 aromatic carbocycles. The van der Waals surface area contributed by atoms with E-state index in [0.29, 0.717) is 5.56 Å². The number of aryl methyl sites for hydroxylation is 1. The number of benzene rings is 1. The third-order valence-corrected chi connectivity index (χ3v) is 1.69. The number of hydrogen-bond acceptors (Lipinski definition) is 1. The molecule has 1 nitrogen and oxygen atoms in total. The minimum Gasteiger partial charge on any atom is -0.397 e. The highest BCUT2D eigenvalue weighted by molar-refractivity contribution is 6.33. The highest BCUT2D eigenvalue weighted by Crippen LogP contribution is 2.23. The van der Waals surface area contributed by atoms with E-state index in [4.69, 9.17) is 17.3 Å². The molecule has 0 aliphatic rings. The summed E-state index contributed by atoms with van der Waals surface area (Å²) in [7, 11) is 0. The van der Waals surface area contributed by atoms with Crippen molar-refractivity contribution in [3.05, 3.63) is 28.5 Å². The standard InChI is InChI=1S/C7H7ClFN/c1-4-2-3-5(10)6(8)7(4)9/h2-3H,10H2,1H3.